The number of allylic oxidation sites excluding steroid dienone is 2. The van der Waals surface area contributed by atoms with Crippen LogP contribution in [0.1, 0.15) is 18.4 Å². The van der Waals surface area contributed by atoms with E-state index in [0.717, 1.165) is 5.75 Å². The van der Waals surface area contributed by atoms with E-state index >= 15 is 0 Å². The lowest BCUT2D eigenvalue weighted by molar-refractivity contribution is 0.623. The van der Waals surface area contributed by atoms with Crippen LogP contribution in [0.15, 0.2) is 48.6 Å². The topological polar surface area (TPSA) is 9.23 Å². The van der Waals surface area contributed by atoms with Crippen molar-refractivity contribution in [2.24, 2.45) is 0 Å². The SMILES string of the molecule is Cc1ccc2ccccc2c1OP[C@@H]1C=CCC1. The Hall–Kier alpha value is -1.33. The molecule has 0 bridgehead atoms. The summed E-state index contributed by atoms with van der Waals surface area (Å²) in [5.74, 6) is 1.06. The molecule has 2 aromatic carbocycles. The highest BCUT2D eigenvalue weighted by Crippen LogP contribution is 2.37. The summed E-state index contributed by atoms with van der Waals surface area (Å²) in [5, 5.41) is 2.48. The first-order chi connectivity index (χ1) is 8.84. The Morgan fingerprint density at radius 2 is 2.06 bits per heavy atom. The molecule has 1 aliphatic rings. The third-order valence-corrected chi connectivity index (χ3v) is 4.51. The molecule has 0 amide bonds. The van der Waals surface area contributed by atoms with Gasteiger partial charge in [-0.25, -0.2) is 0 Å². The van der Waals surface area contributed by atoms with Gasteiger partial charge in [0.2, 0.25) is 0 Å². The Morgan fingerprint density at radius 3 is 2.89 bits per heavy atom. The fourth-order valence-electron chi connectivity index (χ4n) is 2.35. The van der Waals surface area contributed by atoms with Crippen LogP contribution in [0, 0.1) is 6.92 Å². The minimum absolute atomic E-state index is 0.536. The lowest BCUT2D eigenvalue weighted by Gasteiger charge is -2.14. The maximum absolute atomic E-state index is 6.11. The van der Waals surface area contributed by atoms with E-state index in [-0.39, 0.29) is 0 Å². The maximum Gasteiger partial charge on any atom is 0.133 e. The Bertz CT molecular complexity index is 589. The smallest absolute Gasteiger partial charge is 0.133 e. The van der Waals surface area contributed by atoms with Crippen molar-refractivity contribution in [3.63, 3.8) is 0 Å². The van der Waals surface area contributed by atoms with E-state index in [2.05, 4.69) is 55.5 Å². The van der Waals surface area contributed by atoms with Gasteiger partial charge in [0.25, 0.3) is 0 Å². The summed E-state index contributed by atoms with van der Waals surface area (Å²) >= 11 is 0. The van der Waals surface area contributed by atoms with Crippen LogP contribution in [-0.2, 0) is 0 Å². The lowest BCUT2D eigenvalue weighted by Crippen LogP contribution is -1.94. The molecule has 0 heterocycles. The van der Waals surface area contributed by atoms with Crippen molar-refractivity contribution < 1.29 is 4.52 Å². The number of hydrogen-bond acceptors (Lipinski definition) is 1. The monoisotopic (exact) mass is 256 g/mol. The predicted molar refractivity (Wildman–Crippen MR) is 79.8 cm³/mol. The average Bonchev–Trinajstić information content (AvgIpc) is 2.91. The molecule has 0 radical (unpaired) electrons. The van der Waals surface area contributed by atoms with Crippen molar-refractivity contribution >= 4 is 19.6 Å². The zero-order valence-electron chi connectivity index (χ0n) is 10.5. The molecule has 1 unspecified atom stereocenters. The molecule has 1 aliphatic carbocycles. The Morgan fingerprint density at radius 1 is 1.17 bits per heavy atom. The van der Waals surface area contributed by atoms with Gasteiger partial charge in [-0.15, -0.1) is 0 Å². The summed E-state index contributed by atoms with van der Waals surface area (Å²) in [7, 11) is 0.536. The molecule has 2 atom stereocenters. The normalized spacial score (nSPS) is 19.1. The minimum Gasteiger partial charge on any atom is -0.476 e. The van der Waals surface area contributed by atoms with E-state index in [0.29, 0.717) is 14.5 Å². The van der Waals surface area contributed by atoms with Crippen LogP contribution in [0.5, 0.6) is 5.75 Å². The van der Waals surface area contributed by atoms with Gasteiger partial charge in [0.15, 0.2) is 0 Å². The van der Waals surface area contributed by atoms with Crippen molar-refractivity contribution in [3.05, 3.63) is 54.1 Å². The maximum atomic E-state index is 6.11. The molecule has 0 aliphatic heterocycles. The van der Waals surface area contributed by atoms with Gasteiger partial charge >= 0.3 is 0 Å². The minimum atomic E-state index is 0.536. The largest absolute Gasteiger partial charge is 0.476 e. The molecule has 0 fully saturated rings. The molecule has 0 N–H and O–H groups in total. The van der Waals surface area contributed by atoms with Gasteiger partial charge in [0, 0.05) is 11.0 Å². The first-order valence-corrected chi connectivity index (χ1v) is 7.40. The third-order valence-electron chi connectivity index (χ3n) is 3.40. The van der Waals surface area contributed by atoms with Gasteiger partial charge in [-0.05, 0) is 30.7 Å². The van der Waals surface area contributed by atoms with E-state index in [1.54, 1.807) is 0 Å². The molecule has 2 aromatic rings. The van der Waals surface area contributed by atoms with E-state index < -0.39 is 0 Å². The van der Waals surface area contributed by atoms with Gasteiger partial charge in [-0.1, -0.05) is 48.6 Å². The summed E-state index contributed by atoms with van der Waals surface area (Å²) in [4.78, 5) is 0. The average molecular weight is 256 g/mol. The first kappa shape index (κ1) is 11.7. The van der Waals surface area contributed by atoms with Gasteiger partial charge in [-0.3, -0.25) is 0 Å². The predicted octanol–water partition coefficient (Wildman–Crippen LogP) is 4.84. The second kappa shape index (κ2) is 5.12. The molecular weight excluding hydrogens is 239 g/mol. The summed E-state index contributed by atoms with van der Waals surface area (Å²) in [6.45, 7) is 2.12. The molecule has 92 valence electrons. The highest BCUT2D eigenvalue weighted by Gasteiger charge is 2.12. The number of rotatable bonds is 3. The van der Waals surface area contributed by atoms with E-state index in [1.165, 1.54) is 29.2 Å². The summed E-state index contributed by atoms with van der Waals surface area (Å²) in [6.07, 6.45) is 6.99. The fourth-order valence-corrected chi connectivity index (χ4v) is 3.39. The standard InChI is InChI=1S/C16H17OP/c1-12-10-11-13-6-2-5-9-15(13)16(12)17-18-14-7-3-4-8-14/h2-3,5-7,9-11,14,18H,4,8H2,1H3/t14-/m1/s1. The van der Waals surface area contributed by atoms with E-state index in [1.807, 2.05) is 0 Å². The van der Waals surface area contributed by atoms with Crippen molar-refractivity contribution in [1.29, 1.82) is 0 Å². The summed E-state index contributed by atoms with van der Waals surface area (Å²) in [5.41, 5.74) is 1.84. The quantitative estimate of drug-likeness (QED) is 0.564. The number of fused-ring (bicyclic) bond motifs is 1. The fraction of sp³-hybridized carbons (Fsp3) is 0.250. The number of aryl methyl sites for hydroxylation is 1. The number of hydrogen-bond donors (Lipinski definition) is 0. The van der Waals surface area contributed by atoms with Crippen molar-refractivity contribution in [2.75, 3.05) is 0 Å². The zero-order chi connectivity index (χ0) is 12.4. The summed E-state index contributed by atoms with van der Waals surface area (Å²) in [6, 6.07) is 12.7. The highest BCUT2D eigenvalue weighted by atomic mass is 31.1. The second-order valence-electron chi connectivity index (χ2n) is 4.76. The molecule has 3 rings (SSSR count). The van der Waals surface area contributed by atoms with Crippen molar-refractivity contribution in [2.45, 2.75) is 25.4 Å². The van der Waals surface area contributed by atoms with Crippen LogP contribution in [-0.4, -0.2) is 5.66 Å². The van der Waals surface area contributed by atoms with Crippen LogP contribution >= 0.6 is 8.81 Å². The van der Waals surface area contributed by atoms with Gasteiger partial charge in [-0.2, -0.15) is 0 Å². The van der Waals surface area contributed by atoms with Crippen LogP contribution in [0.4, 0.5) is 0 Å². The molecule has 0 saturated carbocycles. The molecule has 0 saturated heterocycles. The molecular formula is C16H17OP. The Balaban J connectivity index is 1.89. The van der Waals surface area contributed by atoms with Crippen LogP contribution in [0.2, 0.25) is 0 Å². The van der Waals surface area contributed by atoms with Crippen LogP contribution < -0.4 is 4.52 Å². The van der Waals surface area contributed by atoms with Gasteiger partial charge < -0.3 is 4.52 Å². The highest BCUT2D eigenvalue weighted by molar-refractivity contribution is 7.34. The Labute approximate surface area is 110 Å². The van der Waals surface area contributed by atoms with Crippen molar-refractivity contribution in [1.82, 2.24) is 0 Å². The van der Waals surface area contributed by atoms with Gasteiger partial charge in [0.05, 0.1) is 8.81 Å². The number of benzene rings is 2. The third kappa shape index (κ3) is 2.28. The van der Waals surface area contributed by atoms with E-state index in [9.17, 15) is 0 Å². The Kier molecular flexibility index (Phi) is 3.34. The zero-order valence-corrected chi connectivity index (χ0v) is 11.5. The van der Waals surface area contributed by atoms with Crippen LogP contribution in [0.25, 0.3) is 10.8 Å². The molecule has 1 nitrogen and oxygen atoms in total. The molecule has 2 heteroatoms. The summed E-state index contributed by atoms with van der Waals surface area (Å²) < 4.78 is 6.11. The lowest BCUT2D eigenvalue weighted by atomic mass is 10.1. The molecule has 18 heavy (non-hydrogen) atoms. The van der Waals surface area contributed by atoms with Crippen molar-refractivity contribution in [3.8, 4) is 5.75 Å². The second-order valence-corrected chi connectivity index (χ2v) is 5.95. The van der Waals surface area contributed by atoms with Crippen LogP contribution in [0.3, 0.4) is 0 Å². The van der Waals surface area contributed by atoms with Gasteiger partial charge in [0.1, 0.15) is 5.75 Å². The van der Waals surface area contributed by atoms with E-state index in [4.69, 9.17) is 4.52 Å². The molecule has 0 spiro atoms. The molecule has 0 aromatic heterocycles. The first-order valence-electron chi connectivity index (χ1n) is 6.42.